The maximum Gasteiger partial charge on any atom is 0.275 e. The highest BCUT2D eigenvalue weighted by Crippen LogP contribution is 2.33. The van der Waals surface area contributed by atoms with Gasteiger partial charge in [-0.05, 0) is 25.0 Å². The lowest BCUT2D eigenvalue weighted by Crippen LogP contribution is -2.54. The highest BCUT2D eigenvalue weighted by atomic mass is 19.3. The molecule has 1 amide bonds. The summed E-state index contributed by atoms with van der Waals surface area (Å²) in [5.74, 6) is -3.55. The van der Waals surface area contributed by atoms with Gasteiger partial charge in [0.25, 0.3) is 11.8 Å². The first-order valence-corrected chi connectivity index (χ1v) is 5.92. The zero-order valence-electron chi connectivity index (χ0n) is 9.77. The second-order valence-corrected chi connectivity index (χ2v) is 4.54. The molecule has 0 spiro atoms. The third-order valence-corrected chi connectivity index (χ3v) is 3.19. The van der Waals surface area contributed by atoms with Crippen LogP contribution in [0, 0.1) is 0 Å². The number of aliphatic hydroxyl groups excluding tert-OH is 1. The van der Waals surface area contributed by atoms with Crippen LogP contribution in [0.3, 0.4) is 0 Å². The van der Waals surface area contributed by atoms with Gasteiger partial charge in [0.15, 0.2) is 0 Å². The molecule has 3 nitrogen and oxygen atoms in total. The minimum absolute atomic E-state index is 0.295. The molecule has 0 bridgehead atoms. The molecule has 0 radical (unpaired) electrons. The smallest absolute Gasteiger partial charge is 0.275 e. The van der Waals surface area contributed by atoms with Gasteiger partial charge in [-0.2, -0.15) is 0 Å². The molecule has 0 aliphatic heterocycles. The number of nitrogens with one attached hydrogen (secondary N) is 1. The highest BCUT2D eigenvalue weighted by Gasteiger charge is 2.46. The lowest BCUT2D eigenvalue weighted by Gasteiger charge is -2.34. The molecule has 2 rings (SSSR count). The van der Waals surface area contributed by atoms with E-state index in [-0.39, 0.29) is 6.42 Å². The summed E-state index contributed by atoms with van der Waals surface area (Å²) in [6, 6.07) is 7.47. The molecule has 5 heteroatoms. The number of alkyl halides is 2. The second-order valence-electron chi connectivity index (χ2n) is 4.54. The van der Waals surface area contributed by atoms with Crippen LogP contribution in [-0.2, 0) is 0 Å². The summed E-state index contributed by atoms with van der Waals surface area (Å²) in [7, 11) is 0. The highest BCUT2D eigenvalue weighted by molar-refractivity contribution is 5.94. The van der Waals surface area contributed by atoms with Crippen LogP contribution in [0.5, 0.6) is 0 Å². The Balaban J connectivity index is 2.03. The van der Waals surface area contributed by atoms with Crippen LogP contribution in [0.15, 0.2) is 30.3 Å². The number of carbonyl (C=O) groups excluding carboxylic acids is 1. The van der Waals surface area contributed by atoms with Crippen molar-refractivity contribution in [3.8, 4) is 0 Å². The average molecular weight is 255 g/mol. The van der Waals surface area contributed by atoms with E-state index < -0.39 is 24.0 Å². The van der Waals surface area contributed by atoms with Gasteiger partial charge < -0.3 is 10.4 Å². The molecule has 0 heterocycles. The van der Waals surface area contributed by atoms with Crippen molar-refractivity contribution in [1.82, 2.24) is 5.32 Å². The second kappa shape index (κ2) is 5.02. The maximum atomic E-state index is 13.3. The zero-order chi connectivity index (χ0) is 13.2. The summed E-state index contributed by atoms with van der Waals surface area (Å²) in [6.07, 6.45) is -1.47. The molecule has 2 atom stereocenters. The normalized spacial score (nSPS) is 26.6. The molecule has 1 aromatic carbocycles. The first-order valence-electron chi connectivity index (χ1n) is 5.92. The molecule has 0 aromatic heterocycles. The Kier molecular flexibility index (Phi) is 3.61. The number of rotatable bonds is 2. The number of benzene rings is 1. The van der Waals surface area contributed by atoms with Gasteiger partial charge in [-0.1, -0.05) is 18.2 Å². The van der Waals surface area contributed by atoms with Gasteiger partial charge >= 0.3 is 0 Å². The van der Waals surface area contributed by atoms with Crippen LogP contribution < -0.4 is 5.32 Å². The SMILES string of the molecule is O=C(N[C@H]1CCCC(F)(F)[C@@H]1O)c1ccccc1. The van der Waals surface area contributed by atoms with Crippen LogP contribution in [0.2, 0.25) is 0 Å². The Hall–Kier alpha value is -1.49. The first kappa shape index (κ1) is 13.0. The van der Waals surface area contributed by atoms with E-state index in [4.69, 9.17) is 0 Å². The fourth-order valence-corrected chi connectivity index (χ4v) is 2.15. The molecule has 1 aliphatic carbocycles. The summed E-state index contributed by atoms with van der Waals surface area (Å²) < 4.78 is 26.6. The standard InChI is InChI=1S/C13H15F2NO2/c14-13(15)8-4-7-10(11(13)17)16-12(18)9-5-2-1-3-6-9/h1-3,5-6,10-11,17H,4,7-8H2,(H,16,18)/t10-,11+/m0/s1. The molecule has 18 heavy (non-hydrogen) atoms. The number of amides is 1. The minimum Gasteiger partial charge on any atom is -0.385 e. The first-order chi connectivity index (χ1) is 8.50. The number of carbonyl (C=O) groups is 1. The van der Waals surface area contributed by atoms with Crippen LogP contribution in [-0.4, -0.2) is 29.1 Å². The van der Waals surface area contributed by atoms with Crippen molar-refractivity contribution in [2.75, 3.05) is 0 Å². The molecular formula is C13H15F2NO2. The predicted octanol–water partition coefficient (Wildman–Crippen LogP) is 1.97. The van der Waals surface area contributed by atoms with E-state index in [2.05, 4.69) is 5.32 Å². The van der Waals surface area contributed by atoms with E-state index >= 15 is 0 Å². The van der Waals surface area contributed by atoms with Crippen LogP contribution in [0.25, 0.3) is 0 Å². The molecule has 1 saturated carbocycles. The maximum absolute atomic E-state index is 13.3. The third kappa shape index (κ3) is 2.67. The van der Waals surface area contributed by atoms with Crippen molar-refractivity contribution in [1.29, 1.82) is 0 Å². The van der Waals surface area contributed by atoms with Gasteiger partial charge in [0, 0.05) is 12.0 Å². The van der Waals surface area contributed by atoms with Gasteiger partial charge in [0.05, 0.1) is 6.04 Å². The van der Waals surface area contributed by atoms with Crippen molar-refractivity contribution >= 4 is 5.91 Å². The van der Waals surface area contributed by atoms with E-state index in [1.165, 1.54) is 0 Å². The molecule has 2 N–H and O–H groups in total. The lowest BCUT2D eigenvalue weighted by molar-refractivity contribution is -0.141. The number of hydrogen-bond donors (Lipinski definition) is 2. The summed E-state index contributed by atoms with van der Waals surface area (Å²) in [5, 5.41) is 12.0. The fourth-order valence-electron chi connectivity index (χ4n) is 2.15. The molecule has 0 unspecified atom stereocenters. The predicted molar refractivity (Wildman–Crippen MR) is 62.5 cm³/mol. The Morgan fingerprint density at radius 1 is 1.33 bits per heavy atom. The number of hydrogen-bond acceptors (Lipinski definition) is 2. The van der Waals surface area contributed by atoms with Gasteiger partial charge in [0.2, 0.25) is 0 Å². The van der Waals surface area contributed by atoms with Crippen LogP contribution in [0.1, 0.15) is 29.6 Å². The summed E-state index contributed by atoms with van der Waals surface area (Å²) in [6.45, 7) is 0. The Morgan fingerprint density at radius 3 is 2.67 bits per heavy atom. The van der Waals surface area contributed by atoms with E-state index in [1.807, 2.05) is 0 Å². The van der Waals surface area contributed by atoms with Crippen molar-refractivity contribution < 1.29 is 18.7 Å². The third-order valence-electron chi connectivity index (χ3n) is 3.19. The largest absolute Gasteiger partial charge is 0.385 e. The van der Waals surface area contributed by atoms with Crippen molar-refractivity contribution in [3.63, 3.8) is 0 Å². The van der Waals surface area contributed by atoms with Gasteiger partial charge in [-0.15, -0.1) is 0 Å². The van der Waals surface area contributed by atoms with E-state index in [0.717, 1.165) is 0 Å². The Bertz CT molecular complexity index is 422. The van der Waals surface area contributed by atoms with Crippen LogP contribution in [0.4, 0.5) is 8.78 Å². The molecule has 1 aromatic rings. The minimum atomic E-state index is -3.12. The van der Waals surface area contributed by atoms with E-state index in [0.29, 0.717) is 18.4 Å². The molecule has 1 aliphatic rings. The average Bonchev–Trinajstić information content (AvgIpc) is 2.36. The topological polar surface area (TPSA) is 49.3 Å². The number of halogens is 2. The summed E-state index contributed by atoms with van der Waals surface area (Å²) in [5.41, 5.74) is 0.401. The van der Waals surface area contributed by atoms with E-state index in [9.17, 15) is 18.7 Å². The molecule has 98 valence electrons. The van der Waals surface area contributed by atoms with Gasteiger partial charge in [0.1, 0.15) is 6.10 Å². The molecule has 1 fully saturated rings. The van der Waals surface area contributed by atoms with Crippen molar-refractivity contribution in [3.05, 3.63) is 35.9 Å². The molecule has 0 saturated heterocycles. The summed E-state index contributed by atoms with van der Waals surface area (Å²) >= 11 is 0. The zero-order valence-corrected chi connectivity index (χ0v) is 9.77. The van der Waals surface area contributed by atoms with Crippen molar-refractivity contribution in [2.24, 2.45) is 0 Å². The van der Waals surface area contributed by atoms with E-state index in [1.54, 1.807) is 30.3 Å². The van der Waals surface area contributed by atoms with Crippen LogP contribution >= 0.6 is 0 Å². The summed E-state index contributed by atoms with van der Waals surface area (Å²) in [4.78, 5) is 11.8. The molecular weight excluding hydrogens is 240 g/mol. The number of aliphatic hydroxyl groups is 1. The lowest BCUT2D eigenvalue weighted by atomic mass is 9.89. The van der Waals surface area contributed by atoms with Gasteiger partial charge in [-0.3, -0.25) is 4.79 Å². The fraction of sp³-hybridized carbons (Fsp3) is 0.462. The Labute approximate surface area is 104 Å². The van der Waals surface area contributed by atoms with Gasteiger partial charge in [-0.25, -0.2) is 8.78 Å². The quantitative estimate of drug-likeness (QED) is 0.848. The van der Waals surface area contributed by atoms with Crippen molar-refractivity contribution in [2.45, 2.75) is 37.3 Å². The monoisotopic (exact) mass is 255 g/mol. The Morgan fingerprint density at radius 2 is 2.00 bits per heavy atom.